The number of hydrogen-bond acceptors (Lipinski definition) is 4. The van der Waals surface area contributed by atoms with Gasteiger partial charge in [0.25, 0.3) is 0 Å². The van der Waals surface area contributed by atoms with Crippen molar-refractivity contribution in [2.45, 2.75) is 106 Å². The number of Topliss-reactive ketones (excluding diaryl/α,β-unsaturated/α-hetero) is 1. The van der Waals surface area contributed by atoms with Crippen LogP contribution < -0.4 is 0 Å². The highest BCUT2D eigenvalue weighted by atomic mass is 16.5. The van der Waals surface area contributed by atoms with Crippen LogP contribution in [0.5, 0.6) is 0 Å². The molecule has 204 valence electrons. The topological polar surface area (TPSA) is 80.7 Å². The highest BCUT2D eigenvalue weighted by Gasteiger charge is 2.67. The van der Waals surface area contributed by atoms with E-state index in [0.29, 0.717) is 29.6 Å². The average molecular weight is 511 g/mol. The highest BCUT2D eigenvalue weighted by molar-refractivity contribution is 5.86. The second-order valence-electron chi connectivity index (χ2n) is 13.6. The molecule has 0 saturated heterocycles. The summed E-state index contributed by atoms with van der Waals surface area (Å²) in [4.78, 5) is 36.4. The molecule has 4 aliphatic rings. The van der Waals surface area contributed by atoms with E-state index in [1.807, 2.05) is 6.08 Å². The third-order valence-electron chi connectivity index (χ3n) is 11.5. The lowest BCUT2D eigenvalue weighted by molar-refractivity contribution is -0.152. The van der Waals surface area contributed by atoms with Gasteiger partial charge in [-0.2, -0.15) is 0 Å². The van der Waals surface area contributed by atoms with Crippen LogP contribution >= 0.6 is 0 Å². The first kappa shape index (κ1) is 27.9. The maximum absolute atomic E-state index is 12.9. The number of carbonyl (C=O) groups is 3. The number of fused-ring (bicyclic) bond motifs is 5. The van der Waals surface area contributed by atoms with Gasteiger partial charge in [-0.05, 0) is 85.2 Å². The fourth-order valence-corrected chi connectivity index (χ4v) is 8.94. The Morgan fingerprint density at radius 2 is 1.81 bits per heavy atom. The van der Waals surface area contributed by atoms with Gasteiger partial charge in [0.1, 0.15) is 11.9 Å². The number of ether oxygens (including phenoxy) is 1. The van der Waals surface area contributed by atoms with Crippen LogP contribution in [0.4, 0.5) is 0 Å². The number of allylic oxidation sites excluding steroid dienone is 4. The predicted octanol–water partition coefficient (Wildman–Crippen LogP) is 7.07. The SMILES string of the molecule is CC(=O)O[C@@H]1C[C@H]([C@@H](C)CCC=C(C)C(=O)O)[C@@]2(C)CC=C3C(=CC[C@H]4C(C)(C)C(=O)CC[C@]34C)[C@]12C. The summed E-state index contributed by atoms with van der Waals surface area (Å²) in [5.74, 6) is 0.251. The molecule has 4 rings (SSSR count). The van der Waals surface area contributed by atoms with Crippen molar-refractivity contribution < 1.29 is 24.2 Å². The molecular weight excluding hydrogens is 464 g/mol. The van der Waals surface area contributed by atoms with Crippen molar-refractivity contribution in [3.8, 4) is 0 Å². The maximum atomic E-state index is 12.9. The molecule has 0 heterocycles. The summed E-state index contributed by atoms with van der Waals surface area (Å²) in [7, 11) is 0. The van der Waals surface area contributed by atoms with Crippen molar-refractivity contribution in [2.75, 3.05) is 0 Å². The minimum absolute atomic E-state index is 0.0601. The van der Waals surface area contributed by atoms with Gasteiger partial charge in [0, 0.05) is 29.7 Å². The first-order valence-corrected chi connectivity index (χ1v) is 14.1. The minimum atomic E-state index is -0.864. The fourth-order valence-electron chi connectivity index (χ4n) is 8.94. The number of hydrogen-bond donors (Lipinski definition) is 1. The van der Waals surface area contributed by atoms with Crippen molar-refractivity contribution in [3.05, 3.63) is 34.9 Å². The zero-order valence-corrected chi connectivity index (χ0v) is 24.1. The third kappa shape index (κ3) is 4.06. The Morgan fingerprint density at radius 3 is 2.43 bits per heavy atom. The number of carbonyl (C=O) groups excluding carboxylic acids is 2. The van der Waals surface area contributed by atoms with Gasteiger partial charge in [0.15, 0.2) is 0 Å². The third-order valence-corrected chi connectivity index (χ3v) is 11.5. The number of rotatable bonds is 6. The quantitative estimate of drug-likeness (QED) is 0.305. The van der Waals surface area contributed by atoms with E-state index in [-0.39, 0.29) is 39.7 Å². The minimum Gasteiger partial charge on any atom is -0.478 e. The molecule has 37 heavy (non-hydrogen) atoms. The monoisotopic (exact) mass is 510 g/mol. The molecule has 0 aromatic carbocycles. The van der Waals surface area contributed by atoms with Gasteiger partial charge in [-0.25, -0.2) is 4.79 Å². The smallest absolute Gasteiger partial charge is 0.330 e. The predicted molar refractivity (Wildman–Crippen MR) is 145 cm³/mol. The van der Waals surface area contributed by atoms with Gasteiger partial charge >= 0.3 is 11.9 Å². The van der Waals surface area contributed by atoms with Crippen LogP contribution in [0.3, 0.4) is 0 Å². The molecule has 0 aromatic heterocycles. The number of aliphatic carboxylic acids is 1. The molecule has 5 heteroatoms. The van der Waals surface area contributed by atoms with Crippen molar-refractivity contribution in [1.82, 2.24) is 0 Å². The summed E-state index contributed by atoms with van der Waals surface area (Å²) in [5, 5.41) is 9.22. The van der Waals surface area contributed by atoms with Crippen molar-refractivity contribution >= 4 is 17.7 Å². The lowest BCUT2D eigenvalue weighted by atomic mass is 9.44. The Kier molecular flexibility index (Phi) is 6.95. The standard InChI is InChI=1S/C32H46O5/c1-19(10-9-11-20(2)28(35)36)24-18-27(37-21(3)33)32(8)23-12-13-25-29(4,5)26(34)15-16-30(25,6)22(23)14-17-31(24,32)7/h11-12,14,19,24-25,27H,9-10,13,15-18H2,1-8H3,(H,35,36)/t19-,24+,25-,27+,30+,31+,32+/m0/s1. The van der Waals surface area contributed by atoms with Crippen LogP contribution in [-0.4, -0.2) is 28.9 Å². The summed E-state index contributed by atoms with van der Waals surface area (Å²) in [6, 6.07) is 0. The first-order chi connectivity index (χ1) is 17.1. The van der Waals surface area contributed by atoms with Crippen LogP contribution in [0.2, 0.25) is 0 Å². The Morgan fingerprint density at radius 1 is 1.14 bits per heavy atom. The molecule has 1 N–H and O–H groups in total. The van der Waals surface area contributed by atoms with Gasteiger partial charge in [-0.1, -0.05) is 59.8 Å². The molecular formula is C32H46O5. The molecule has 7 atom stereocenters. The Labute approximate surface area is 222 Å². The van der Waals surface area contributed by atoms with Crippen molar-refractivity contribution in [2.24, 2.45) is 39.4 Å². The number of ketones is 1. The number of carboxylic acids is 1. The molecule has 0 aromatic rings. The molecule has 0 spiro atoms. The van der Waals surface area contributed by atoms with E-state index < -0.39 is 5.97 Å². The maximum Gasteiger partial charge on any atom is 0.330 e. The number of esters is 1. The summed E-state index contributed by atoms with van der Waals surface area (Å²) >= 11 is 0. The fraction of sp³-hybridized carbons (Fsp3) is 0.719. The van der Waals surface area contributed by atoms with Crippen molar-refractivity contribution in [3.63, 3.8) is 0 Å². The Hall–Kier alpha value is -2.17. The zero-order chi connectivity index (χ0) is 27.6. The lowest BCUT2D eigenvalue weighted by Gasteiger charge is -2.60. The van der Waals surface area contributed by atoms with Gasteiger partial charge in [-0.3, -0.25) is 9.59 Å². The van der Waals surface area contributed by atoms with Crippen LogP contribution in [-0.2, 0) is 19.1 Å². The van der Waals surface area contributed by atoms with Gasteiger partial charge in [0.05, 0.1) is 0 Å². The van der Waals surface area contributed by atoms with Gasteiger partial charge in [0.2, 0.25) is 0 Å². The summed E-state index contributed by atoms with van der Waals surface area (Å²) in [6.45, 7) is 16.8. The molecule has 4 aliphatic carbocycles. The molecule has 5 nitrogen and oxygen atoms in total. The van der Waals surface area contributed by atoms with E-state index in [1.54, 1.807) is 6.92 Å². The van der Waals surface area contributed by atoms with Crippen LogP contribution in [0.25, 0.3) is 0 Å². The number of carboxylic acid groups (broad SMARTS) is 1. The molecule has 2 saturated carbocycles. The van der Waals surface area contributed by atoms with Crippen molar-refractivity contribution in [1.29, 1.82) is 0 Å². The van der Waals surface area contributed by atoms with E-state index in [4.69, 9.17) is 4.74 Å². The van der Waals surface area contributed by atoms with Gasteiger partial charge in [-0.15, -0.1) is 0 Å². The Bertz CT molecular complexity index is 1090. The average Bonchev–Trinajstić information content (AvgIpc) is 3.03. The van der Waals surface area contributed by atoms with Crippen LogP contribution in [0, 0.1) is 39.4 Å². The summed E-state index contributed by atoms with van der Waals surface area (Å²) in [6.07, 6.45) is 12.2. The Balaban J connectivity index is 1.73. The normalized spacial score (nSPS) is 39.5. The molecule has 0 unspecified atom stereocenters. The molecule has 0 bridgehead atoms. The highest BCUT2D eigenvalue weighted by Crippen LogP contribution is 2.72. The summed E-state index contributed by atoms with van der Waals surface area (Å²) < 4.78 is 6.13. The largest absolute Gasteiger partial charge is 0.478 e. The molecule has 0 amide bonds. The zero-order valence-electron chi connectivity index (χ0n) is 24.1. The molecule has 0 radical (unpaired) electrons. The van der Waals surface area contributed by atoms with E-state index >= 15 is 0 Å². The van der Waals surface area contributed by atoms with Gasteiger partial charge < -0.3 is 9.84 Å². The van der Waals surface area contributed by atoms with Crippen LogP contribution in [0.15, 0.2) is 34.9 Å². The second-order valence-corrected chi connectivity index (χ2v) is 13.6. The summed E-state index contributed by atoms with van der Waals surface area (Å²) in [5.41, 5.74) is 2.31. The molecule has 0 aliphatic heterocycles. The molecule has 2 fully saturated rings. The first-order valence-electron chi connectivity index (χ1n) is 14.1. The van der Waals surface area contributed by atoms with E-state index in [9.17, 15) is 19.5 Å². The van der Waals surface area contributed by atoms with E-state index in [0.717, 1.165) is 38.5 Å². The van der Waals surface area contributed by atoms with E-state index in [2.05, 4.69) is 53.7 Å². The second kappa shape index (κ2) is 9.24. The van der Waals surface area contributed by atoms with E-state index in [1.165, 1.54) is 18.1 Å². The lowest BCUT2D eigenvalue weighted by Crippen LogP contribution is -2.55. The van der Waals surface area contributed by atoms with Crippen LogP contribution in [0.1, 0.15) is 100 Å².